The highest BCUT2D eigenvalue weighted by atomic mass is 16.2. The minimum atomic E-state index is -0.498. The van der Waals surface area contributed by atoms with Crippen molar-refractivity contribution in [3.8, 4) is 6.07 Å². The Bertz CT molecular complexity index is 393. The lowest BCUT2D eigenvalue weighted by atomic mass is 9.84. The summed E-state index contributed by atoms with van der Waals surface area (Å²) in [6.07, 6.45) is 0. The molecule has 2 atom stereocenters. The summed E-state index contributed by atoms with van der Waals surface area (Å²) in [6, 6.07) is 11.6. The van der Waals surface area contributed by atoms with Gasteiger partial charge in [-0.1, -0.05) is 30.3 Å². The average molecular weight is 186 g/mol. The van der Waals surface area contributed by atoms with Crippen LogP contribution in [0.15, 0.2) is 30.3 Å². The van der Waals surface area contributed by atoms with Crippen LogP contribution in [0.2, 0.25) is 0 Å². The standard InChI is InChI=1S/C11H10N2O/c1-13-10(9(7-12)11(13)14)8-5-3-2-4-6-8/h2-6,9-10H,1H3/t9-,10-/m0/s1. The molecule has 0 saturated carbocycles. The first-order valence-corrected chi connectivity index (χ1v) is 4.47. The van der Waals surface area contributed by atoms with Crippen LogP contribution >= 0.6 is 0 Å². The van der Waals surface area contributed by atoms with E-state index in [0.717, 1.165) is 5.56 Å². The summed E-state index contributed by atoms with van der Waals surface area (Å²) < 4.78 is 0. The third kappa shape index (κ3) is 1.08. The second-order valence-electron chi connectivity index (χ2n) is 3.41. The van der Waals surface area contributed by atoms with E-state index in [2.05, 4.69) is 0 Å². The van der Waals surface area contributed by atoms with E-state index in [1.54, 1.807) is 11.9 Å². The Morgan fingerprint density at radius 3 is 2.57 bits per heavy atom. The molecule has 1 aromatic carbocycles. The Labute approximate surface area is 82.6 Å². The van der Waals surface area contributed by atoms with Gasteiger partial charge in [0.2, 0.25) is 5.91 Å². The van der Waals surface area contributed by atoms with E-state index in [4.69, 9.17) is 5.26 Å². The summed E-state index contributed by atoms with van der Waals surface area (Å²) in [7, 11) is 1.73. The predicted octanol–water partition coefficient (Wildman–Crippen LogP) is 1.34. The van der Waals surface area contributed by atoms with E-state index in [1.807, 2.05) is 36.4 Å². The topological polar surface area (TPSA) is 44.1 Å². The zero-order valence-electron chi connectivity index (χ0n) is 7.84. The smallest absolute Gasteiger partial charge is 0.242 e. The number of hydrogen-bond donors (Lipinski definition) is 0. The molecule has 14 heavy (non-hydrogen) atoms. The number of likely N-dealkylation sites (tertiary alicyclic amines) is 1. The van der Waals surface area contributed by atoms with Crippen LogP contribution in [0.3, 0.4) is 0 Å². The molecule has 0 radical (unpaired) electrons. The van der Waals surface area contributed by atoms with Crippen LogP contribution in [-0.2, 0) is 4.79 Å². The van der Waals surface area contributed by atoms with Gasteiger partial charge in [-0.15, -0.1) is 0 Å². The molecule has 0 N–H and O–H groups in total. The van der Waals surface area contributed by atoms with Crippen molar-refractivity contribution in [2.45, 2.75) is 6.04 Å². The molecule has 1 heterocycles. The van der Waals surface area contributed by atoms with Crippen LogP contribution in [0.4, 0.5) is 0 Å². The van der Waals surface area contributed by atoms with Crippen molar-refractivity contribution in [2.75, 3.05) is 7.05 Å². The molecular formula is C11H10N2O. The number of amides is 1. The maximum atomic E-state index is 11.3. The van der Waals surface area contributed by atoms with Crippen molar-refractivity contribution in [2.24, 2.45) is 5.92 Å². The number of nitriles is 1. The molecule has 1 aromatic rings. The highest BCUT2D eigenvalue weighted by Gasteiger charge is 2.45. The van der Waals surface area contributed by atoms with Crippen LogP contribution in [0, 0.1) is 17.2 Å². The summed E-state index contributed by atoms with van der Waals surface area (Å²) in [6.45, 7) is 0. The molecule has 0 bridgehead atoms. The normalized spacial score (nSPS) is 25.4. The van der Waals surface area contributed by atoms with E-state index in [0.29, 0.717) is 0 Å². The van der Waals surface area contributed by atoms with E-state index in [-0.39, 0.29) is 11.9 Å². The van der Waals surface area contributed by atoms with Gasteiger partial charge in [0.25, 0.3) is 0 Å². The van der Waals surface area contributed by atoms with Crippen molar-refractivity contribution >= 4 is 5.91 Å². The fourth-order valence-electron chi connectivity index (χ4n) is 1.83. The van der Waals surface area contributed by atoms with Gasteiger partial charge in [0, 0.05) is 7.05 Å². The van der Waals surface area contributed by atoms with Crippen molar-refractivity contribution in [3.05, 3.63) is 35.9 Å². The van der Waals surface area contributed by atoms with Crippen molar-refractivity contribution in [1.82, 2.24) is 4.90 Å². The summed E-state index contributed by atoms with van der Waals surface area (Å²) in [4.78, 5) is 12.9. The molecule has 2 rings (SSSR count). The predicted molar refractivity (Wildman–Crippen MR) is 51.1 cm³/mol. The summed E-state index contributed by atoms with van der Waals surface area (Å²) in [5.74, 6) is -0.580. The van der Waals surface area contributed by atoms with E-state index in [9.17, 15) is 4.79 Å². The lowest BCUT2D eigenvalue weighted by Crippen LogP contribution is -2.51. The van der Waals surface area contributed by atoms with Crippen LogP contribution in [0.1, 0.15) is 11.6 Å². The summed E-state index contributed by atoms with van der Waals surface area (Å²) in [5, 5.41) is 8.81. The molecule has 0 aliphatic carbocycles. The fourth-order valence-corrected chi connectivity index (χ4v) is 1.83. The largest absolute Gasteiger partial charge is 0.336 e. The molecule has 70 valence electrons. The lowest BCUT2D eigenvalue weighted by molar-refractivity contribution is -0.149. The third-order valence-corrected chi connectivity index (χ3v) is 2.63. The molecule has 3 nitrogen and oxygen atoms in total. The van der Waals surface area contributed by atoms with Gasteiger partial charge in [-0.2, -0.15) is 5.26 Å². The first-order chi connectivity index (χ1) is 6.75. The monoisotopic (exact) mass is 186 g/mol. The highest BCUT2D eigenvalue weighted by Crippen LogP contribution is 2.37. The zero-order chi connectivity index (χ0) is 10.1. The van der Waals surface area contributed by atoms with Crippen molar-refractivity contribution in [1.29, 1.82) is 5.26 Å². The Hall–Kier alpha value is -1.82. The molecule has 1 saturated heterocycles. The van der Waals surface area contributed by atoms with E-state index in [1.165, 1.54) is 0 Å². The van der Waals surface area contributed by atoms with Gasteiger partial charge < -0.3 is 4.90 Å². The number of rotatable bonds is 1. The Morgan fingerprint density at radius 1 is 1.36 bits per heavy atom. The first kappa shape index (κ1) is 8.76. The quantitative estimate of drug-likeness (QED) is 0.621. The van der Waals surface area contributed by atoms with Gasteiger partial charge in [0.1, 0.15) is 5.92 Å². The molecule has 0 spiro atoms. The Kier molecular flexibility index (Phi) is 1.97. The number of carbonyl (C=O) groups excluding carboxylic acids is 1. The fraction of sp³-hybridized carbons (Fsp3) is 0.273. The molecule has 3 heteroatoms. The number of carbonyl (C=O) groups is 1. The second kappa shape index (κ2) is 3.15. The molecule has 1 amide bonds. The van der Waals surface area contributed by atoms with Gasteiger partial charge in [0.05, 0.1) is 12.1 Å². The summed E-state index contributed by atoms with van der Waals surface area (Å²) >= 11 is 0. The Balaban J connectivity index is 2.29. The first-order valence-electron chi connectivity index (χ1n) is 4.47. The second-order valence-corrected chi connectivity index (χ2v) is 3.41. The number of nitrogens with zero attached hydrogens (tertiary/aromatic N) is 2. The zero-order valence-corrected chi connectivity index (χ0v) is 7.84. The molecule has 0 unspecified atom stereocenters. The van der Waals surface area contributed by atoms with Crippen LogP contribution in [0.25, 0.3) is 0 Å². The molecule has 1 aliphatic heterocycles. The molecule has 1 fully saturated rings. The highest BCUT2D eigenvalue weighted by molar-refractivity contribution is 5.88. The van der Waals surface area contributed by atoms with Crippen molar-refractivity contribution < 1.29 is 4.79 Å². The minimum Gasteiger partial charge on any atom is -0.336 e. The van der Waals surface area contributed by atoms with Gasteiger partial charge in [-0.3, -0.25) is 4.79 Å². The molecule has 0 aromatic heterocycles. The van der Waals surface area contributed by atoms with Crippen LogP contribution < -0.4 is 0 Å². The van der Waals surface area contributed by atoms with Gasteiger partial charge >= 0.3 is 0 Å². The van der Waals surface area contributed by atoms with Crippen molar-refractivity contribution in [3.63, 3.8) is 0 Å². The maximum absolute atomic E-state index is 11.3. The van der Waals surface area contributed by atoms with Gasteiger partial charge in [-0.25, -0.2) is 0 Å². The molecular weight excluding hydrogens is 176 g/mol. The van der Waals surface area contributed by atoms with E-state index >= 15 is 0 Å². The number of benzene rings is 1. The summed E-state index contributed by atoms with van der Waals surface area (Å²) in [5.41, 5.74) is 1.03. The average Bonchev–Trinajstić information content (AvgIpc) is 2.25. The third-order valence-electron chi connectivity index (χ3n) is 2.63. The van der Waals surface area contributed by atoms with Gasteiger partial charge in [-0.05, 0) is 5.56 Å². The maximum Gasteiger partial charge on any atom is 0.242 e. The molecule has 1 aliphatic rings. The SMILES string of the molecule is CN1C(=O)[C@@H](C#N)[C@@H]1c1ccccc1. The lowest BCUT2D eigenvalue weighted by Gasteiger charge is -2.41. The van der Waals surface area contributed by atoms with E-state index < -0.39 is 5.92 Å². The Morgan fingerprint density at radius 2 is 2.00 bits per heavy atom. The number of hydrogen-bond acceptors (Lipinski definition) is 2. The number of β-lactam (4-membered cyclic amide) rings is 1. The van der Waals surface area contributed by atoms with Gasteiger partial charge in [0.15, 0.2) is 0 Å². The van der Waals surface area contributed by atoms with Crippen LogP contribution in [0.5, 0.6) is 0 Å². The minimum absolute atomic E-state index is 0.0614. The van der Waals surface area contributed by atoms with Crippen LogP contribution in [-0.4, -0.2) is 17.9 Å².